The smallest absolute Gasteiger partial charge is 0.216 e. The molecule has 9 heteroatoms. The molecule has 5 atom stereocenters. The number of halogens is 1. The maximum absolute atomic E-state index is 10.9. The number of aliphatic hydroxyl groups is 2. The van der Waals surface area contributed by atoms with Crippen LogP contribution in [0.3, 0.4) is 0 Å². The Hall–Kier alpha value is -0.540. The van der Waals surface area contributed by atoms with E-state index >= 15 is 0 Å². The summed E-state index contributed by atoms with van der Waals surface area (Å²) in [4.78, 5) is 15.2. The van der Waals surface area contributed by atoms with Crippen molar-refractivity contribution in [2.45, 2.75) is 43.6 Å². The molecule has 2 aliphatic rings. The number of carbonyl (C=O) groups is 1. The molecule has 1 unspecified atom stereocenters. The van der Waals surface area contributed by atoms with Crippen molar-refractivity contribution in [2.24, 2.45) is 4.99 Å². The van der Waals surface area contributed by atoms with Crippen LogP contribution < -0.4 is 10.6 Å². The van der Waals surface area contributed by atoms with Gasteiger partial charge in [0.15, 0.2) is 5.17 Å². The quantitative estimate of drug-likeness (QED) is 0.535. The fourth-order valence-electron chi connectivity index (χ4n) is 2.08. The molecule has 116 valence electrons. The molecule has 2 heterocycles. The minimum absolute atomic E-state index is 0. The minimum atomic E-state index is -1.06. The van der Waals surface area contributed by atoms with E-state index < -0.39 is 24.4 Å². The average molecular weight is 326 g/mol. The first-order chi connectivity index (χ1) is 9.02. The van der Waals surface area contributed by atoms with Crippen molar-refractivity contribution in [3.63, 3.8) is 0 Å². The number of hydrogen-bond donors (Lipinski definition) is 4. The number of ether oxygens (including phenoxy) is 1. The third-order valence-electron chi connectivity index (χ3n) is 3.04. The van der Waals surface area contributed by atoms with Gasteiger partial charge in [-0.2, -0.15) is 0 Å². The Morgan fingerprint density at radius 2 is 2.15 bits per heavy atom. The number of nitrogens with one attached hydrogen (secondary N) is 2. The molecule has 0 saturated carbocycles. The highest BCUT2D eigenvalue weighted by Crippen LogP contribution is 2.35. The van der Waals surface area contributed by atoms with Crippen LogP contribution in [0, 0.1) is 0 Å². The Bertz CT molecular complexity index is 385. The van der Waals surface area contributed by atoms with Crippen molar-refractivity contribution in [2.75, 3.05) is 13.1 Å². The molecule has 2 rings (SSSR count). The molecule has 0 aromatic carbocycles. The van der Waals surface area contributed by atoms with E-state index in [1.807, 2.05) is 6.92 Å². The summed E-state index contributed by atoms with van der Waals surface area (Å²) in [5, 5.41) is 26.4. The molecule has 7 nitrogen and oxygen atoms in total. The minimum Gasteiger partial charge on any atom is -0.388 e. The second-order valence-electron chi connectivity index (χ2n) is 4.53. The second kappa shape index (κ2) is 7.46. The van der Waals surface area contributed by atoms with Crippen LogP contribution in [-0.2, 0) is 9.53 Å². The zero-order valence-electron chi connectivity index (χ0n) is 11.3. The normalized spacial score (nSPS) is 35.6. The Kier molecular flexibility index (Phi) is 6.53. The first kappa shape index (κ1) is 17.5. The molecular formula is C11H20ClN3O4S. The van der Waals surface area contributed by atoms with Crippen LogP contribution in [0.1, 0.15) is 13.8 Å². The predicted octanol–water partition coefficient (Wildman–Crippen LogP) is -0.928. The highest BCUT2D eigenvalue weighted by atomic mass is 35.5. The number of aliphatic imine (C=N–C) groups is 1. The fraction of sp³-hybridized carbons (Fsp3) is 0.818. The van der Waals surface area contributed by atoms with Crippen molar-refractivity contribution in [3.8, 4) is 0 Å². The summed E-state index contributed by atoms with van der Waals surface area (Å²) < 4.78 is 5.70. The lowest BCUT2D eigenvalue weighted by Gasteiger charge is -2.38. The third-order valence-corrected chi connectivity index (χ3v) is 4.14. The first-order valence-electron chi connectivity index (χ1n) is 6.27. The SMILES string of the molecule is CCNC1=N[C@H]2[C@@H](O)[C@H](O)C(CNC(C)=O)O[C@@H]2S1.Cl. The summed E-state index contributed by atoms with van der Waals surface area (Å²) in [6, 6.07) is -0.470. The van der Waals surface area contributed by atoms with E-state index in [-0.39, 0.29) is 30.3 Å². The molecule has 0 aromatic rings. The lowest BCUT2D eigenvalue weighted by Crippen LogP contribution is -2.57. The van der Waals surface area contributed by atoms with Crippen molar-refractivity contribution in [3.05, 3.63) is 0 Å². The third kappa shape index (κ3) is 3.76. The van der Waals surface area contributed by atoms with Gasteiger partial charge in [0.25, 0.3) is 0 Å². The van der Waals surface area contributed by atoms with Crippen LogP contribution in [0.5, 0.6) is 0 Å². The van der Waals surface area contributed by atoms with E-state index in [2.05, 4.69) is 15.6 Å². The molecule has 1 saturated heterocycles. The molecule has 0 radical (unpaired) electrons. The van der Waals surface area contributed by atoms with E-state index in [0.29, 0.717) is 5.17 Å². The highest BCUT2D eigenvalue weighted by Gasteiger charge is 2.48. The standard InChI is InChI=1S/C11H19N3O4S.ClH/c1-3-12-11-14-7-9(17)8(16)6(4-13-5(2)15)18-10(7)19-11;/h6-10,16-17H,3-4H2,1-2H3,(H,12,14)(H,13,15);1H/t6?,7-,8+,9+,10+;/m0./s1. The highest BCUT2D eigenvalue weighted by molar-refractivity contribution is 8.14. The van der Waals surface area contributed by atoms with Crippen molar-refractivity contribution in [1.29, 1.82) is 0 Å². The van der Waals surface area contributed by atoms with E-state index in [0.717, 1.165) is 6.54 Å². The van der Waals surface area contributed by atoms with Gasteiger partial charge in [-0.05, 0) is 6.92 Å². The monoisotopic (exact) mass is 325 g/mol. The van der Waals surface area contributed by atoms with Gasteiger partial charge in [-0.1, -0.05) is 11.8 Å². The number of carbonyl (C=O) groups excluding carboxylic acids is 1. The number of amides is 1. The Balaban J connectivity index is 0.00000200. The van der Waals surface area contributed by atoms with Crippen LogP contribution in [0.15, 0.2) is 4.99 Å². The van der Waals surface area contributed by atoms with Crippen molar-refractivity contribution < 1.29 is 19.7 Å². The maximum Gasteiger partial charge on any atom is 0.216 e. The molecule has 0 aliphatic carbocycles. The molecule has 1 amide bonds. The van der Waals surface area contributed by atoms with Gasteiger partial charge < -0.3 is 25.6 Å². The fourth-order valence-corrected chi connectivity index (χ4v) is 3.27. The topological polar surface area (TPSA) is 103 Å². The summed E-state index contributed by atoms with van der Waals surface area (Å²) >= 11 is 1.40. The lowest BCUT2D eigenvalue weighted by molar-refractivity contribution is -0.152. The van der Waals surface area contributed by atoms with E-state index in [9.17, 15) is 15.0 Å². The van der Waals surface area contributed by atoms with E-state index in [1.54, 1.807) is 0 Å². The second-order valence-corrected chi connectivity index (χ2v) is 5.62. The maximum atomic E-state index is 10.9. The molecule has 0 bridgehead atoms. The van der Waals surface area contributed by atoms with E-state index in [4.69, 9.17) is 4.74 Å². The van der Waals surface area contributed by atoms with Gasteiger partial charge in [0.05, 0.1) is 0 Å². The number of thioether (sulfide) groups is 1. The van der Waals surface area contributed by atoms with Gasteiger partial charge in [-0.15, -0.1) is 12.4 Å². The number of aliphatic hydroxyl groups excluding tert-OH is 2. The zero-order valence-corrected chi connectivity index (χ0v) is 12.9. The Morgan fingerprint density at radius 1 is 1.45 bits per heavy atom. The summed E-state index contributed by atoms with van der Waals surface area (Å²) in [6.45, 7) is 4.26. The average Bonchev–Trinajstić information content (AvgIpc) is 2.75. The molecule has 0 aromatic heterocycles. The van der Waals surface area contributed by atoms with Crippen molar-refractivity contribution >= 4 is 35.2 Å². The van der Waals surface area contributed by atoms with Crippen LogP contribution in [-0.4, -0.2) is 64.2 Å². The molecule has 2 aliphatic heterocycles. The van der Waals surface area contributed by atoms with Gasteiger partial charge in [-0.3, -0.25) is 9.79 Å². The number of fused-ring (bicyclic) bond motifs is 1. The summed E-state index contributed by atoms with van der Waals surface area (Å²) in [5.74, 6) is -0.198. The van der Waals surface area contributed by atoms with Crippen LogP contribution in [0.2, 0.25) is 0 Å². The lowest BCUT2D eigenvalue weighted by atomic mass is 9.98. The molecule has 20 heavy (non-hydrogen) atoms. The van der Waals surface area contributed by atoms with Gasteiger partial charge in [0.1, 0.15) is 29.8 Å². The van der Waals surface area contributed by atoms with Crippen molar-refractivity contribution in [1.82, 2.24) is 10.6 Å². The Morgan fingerprint density at radius 3 is 2.75 bits per heavy atom. The van der Waals surface area contributed by atoms with Crippen LogP contribution in [0.4, 0.5) is 0 Å². The number of hydrogen-bond acceptors (Lipinski definition) is 7. The van der Waals surface area contributed by atoms with Crippen LogP contribution in [0.25, 0.3) is 0 Å². The summed E-state index contributed by atoms with van der Waals surface area (Å²) in [7, 11) is 0. The molecular weight excluding hydrogens is 306 g/mol. The molecule has 1 fully saturated rings. The van der Waals surface area contributed by atoms with Gasteiger partial charge >= 0.3 is 0 Å². The van der Waals surface area contributed by atoms with E-state index in [1.165, 1.54) is 18.7 Å². The van der Waals surface area contributed by atoms with Gasteiger partial charge in [0.2, 0.25) is 5.91 Å². The number of amidine groups is 1. The molecule has 4 N–H and O–H groups in total. The summed E-state index contributed by atoms with van der Waals surface area (Å²) in [5.41, 5.74) is -0.328. The van der Waals surface area contributed by atoms with Gasteiger partial charge in [-0.25, -0.2) is 0 Å². The van der Waals surface area contributed by atoms with Gasteiger partial charge in [0, 0.05) is 20.0 Å². The zero-order chi connectivity index (χ0) is 14.0. The predicted molar refractivity (Wildman–Crippen MR) is 79.1 cm³/mol. The first-order valence-corrected chi connectivity index (χ1v) is 7.15. The Labute approximate surface area is 128 Å². The number of rotatable bonds is 3. The number of nitrogens with zero attached hydrogens (tertiary/aromatic N) is 1. The molecule has 0 spiro atoms. The van der Waals surface area contributed by atoms with Crippen LogP contribution >= 0.6 is 24.2 Å². The largest absolute Gasteiger partial charge is 0.388 e. The summed E-state index contributed by atoms with van der Waals surface area (Å²) in [6.07, 6.45) is -2.66.